The minimum atomic E-state index is -0.915. The average molecular weight is 237 g/mol. The van der Waals surface area contributed by atoms with E-state index in [2.05, 4.69) is 0 Å². The summed E-state index contributed by atoms with van der Waals surface area (Å²) in [5.41, 5.74) is 7.09. The number of aryl methyl sites for hydroxylation is 1. The van der Waals surface area contributed by atoms with Crippen LogP contribution in [-0.4, -0.2) is 23.7 Å². The second kappa shape index (κ2) is 5.89. The first kappa shape index (κ1) is 13.0. The van der Waals surface area contributed by atoms with Crippen molar-refractivity contribution in [2.45, 2.75) is 19.8 Å². The molecule has 1 aromatic rings. The second-order valence-corrected chi connectivity index (χ2v) is 3.53. The first-order chi connectivity index (χ1) is 8.04. The van der Waals surface area contributed by atoms with Crippen LogP contribution >= 0.6 is 0 Å². The Morgan fingerprint density at radius 2 is 2.12 bits per heavy atom. The van der Waals surface area contributed by atoms with E-state index in [4.69, 9.17) is 15.6 Å². The van der Waals surface area contributed by atoms with Gasteiger partial charge in [-0.2, -0.15) is 0 Å². The Labute approximate surface area is 99.2 Å². The molecule has 17 heavy (non-hydrogen) atoms. The van der Waals surface area contributed by atoms with Crippen LogP contribution in [0.2, 0.25) is 0 Å². The largest absolute Gasteiger partial charge is 0.481 e. The molecule has 0 saturated heterocycles. The molecule has 0 aliphatic carbocycles. The van der Waals surface area contributed by atoms with Gasteiger partial charge in [0.25, 0.3) is 0 Å². The number of anilines is 1. The van der Waals surface area contributed by atoms with Gasteiger partial charge in [-0.25, -0.2) is 4.79 Å². The average Bonchev–Trinajstić information content (AvgIpc) is 2.26. The maximum absolute atomic E-state index is 11.6. The normalized spacial score (nSPS) is 9.94. The van der Waals surface area contributed by atoms with Crippen LogP contribution < -0.4 is 5.73 Å². The van der Waals surface area contributed by atoms with Crippen molar-refractivity contribution in [3.63, 3.8) is 0 Å². The van der Waals surface area contributed by atoms with E-state index in [1.54, 1.807) is 25.1 Å². The first-order valence-electron chi connectivity index (χ1n) is 5.32. The van der Waals surface area contributed by atoms with Gasteiger partial charge < -0.3 is 15.6 Å². The highest BCUT2D eigenvalue weighted by Gasteiger charge is 2.13. The molecule has 0 unspecified atom stereocenters. The zero-order valence-electron chi connectivity index (χ0n) is 9.60. The van der Waals surface area contributed by atoms with Crippen LogP contribution in [0.25, 0.3) is 0 Å². The maximum atomic E-state index is 11.6. The van der Waals surface area contributed by atoms with Gasteiger partial charge in [-0.3, -0.25) is 4.79 Å². The molecule has 92 valence electrons. The number of carboxylic acids is 1. The van der Waals surface area contributed by atoms with Crippen LogP contribution in [0.15, 0.2) is 18.2 Å². The fourth-order valence-electron chi connectivity index (χ4n) is 1.47. The Morgan fingerprint density at radius 3 is 2.71 bits per heavy atom. The highest BCUT2D eigenvalue weighted by molar-refractivity contribution is 5.91. The van der Waals surface area contributed by atoms with E-state index < -0.39 is 11.9 Å². The van der Waals surface area contributed by atoms with Crippen LogP contribution in [0.1, 0.15) is 29.3 Å². The number of nitrogen functional groups attached to an aromatic ring is 1. The summed E-state index contributed by atoms with van der Waals surface area (Å²) in [5, 5.41) is 8.63. The highest BCUT2D eigenvalue weighted by atomic mass is 16.5. The predicted molar refractivity (Wildman–Crippen MR) is 62.8 cm³/mol. The molecular formula is C12H15NO4. The second-order valence-electron chi connectivity index (χ2n) is 3.53. The summed E-state index contributed by atoms with van der Waals surface area (Å²) < 4.78 is 4.89. The van der Waals surface area contributed by atoms with Crippen molar-refractivity contribution in [1.29, 1.82) is 0 Å². The van der Waals surface area contributed by atoms with E-state index in [0.717, 1.165) is 0 Å². The number of aliphatic carboxylic acids is 1. The van der Waals surface area contributed by atoms with Crippen LogP contribution in [-0.2, 0) is 16.0 Å². The SMILES string of the molecule is CCOC(=O)c1ccc(N)cc1CCC(=O)O. The molecule has 0 fully saturated rings. The lowest BCUT2D eigenvalue weighted by Crippen LogP contribution is -2.10. The Morgan fingerprint density at radius 1 is 1.41 bits per heavy atom. The minimum Gasteiger partial charge on any atom is -0.481 e. The van der Waals surface area contributed by atoms with Gasteiger partial charge in [0, 0.05) is 12.1 Å². The Kier molecular flexibility index (Phi) is 4.51. The van der Waals surface area contributed by atoms with Gasteiger partial charge in [0.2, 0.25) is 0 Å². The molecule has 1 rings (SSSR count). The Hall–Kier alpha value is -2.04. The molecule has 5 heteroatoms. The molecule has 0 aliphatic rings. The van der Waals surface area contributed by atoms with Crippen molar-refractivity contribution in [2.24, 2.45) is 0 Å². The van der Waals surface area contributed by atoms with E-state index in [9.17, 15) is 9.59 Å². The zero-order valence-corrected chi connectivity index (χ0v) is 9.60. The summed E-state index contributed by atoms with van der Waals surface area (Å²) >= 11 is 0. The fourth-order valence-corrected chi connectivity index (χ4v) is 1.47. The molecule has 0 radical (unpaired) electrons. The van der Waals surface area contributed by atoms with E-state index in [1.165, 1.54) is 0 Å². The smallest absolute Gasteiger partial charge is 0.338 e. The topological polar surface area (TPSA) is 89.6 Å². The van der Waals surface area contributed by atoms with Gasteiger partial charge in [0.05, 0.1) is 12.2 Å². The standard InChI is InChI=1S/C12H15NO4/c1-2-17-12(16)10-5-4-9(13)7-8(10)3-6-11(14)15/h4-5,7H,2-3,6,13H2,1H3,(H,14,15). The molecule has 0 saturated carbocycles. The van der Waals surface area contributed by atoms with Crippen molar-refractivity contribution in [3.8, 4) is 0 Å². The number of carboxylic acid groups (broad SMARTS) is 1. The monoisotopic (exact) mass is 237 g/mol. The number of rotatable bonds is 5. The van der Waals surface area contributed by atoms with Crippen LogP contribution in [0, 0.1) is 0 Å². The number of hydrogen-bond donors (Lipinski definition) is 2. The van der Waals surface area contributed by atoms with Gasteiger partial charge in [-0.15, -0.1) is 0 Å². The van der Waals surface area contributed by atoms with Gasteiger partial charge in [-0.1, -0.05) is 0 Å². The molecule has 5 nitrogen and oxygen atoms in total. The van der Waals surface area contributed by atoms with Crippen LogP contribution in [0.4, 0.5) is 5.69 Å². The van der Waals surface area contributed by atoms with Gasteiger partial charge in [0.15, 0.2) is 0 Å². The van der Waals surface area contributed by atoms with E-state index >= 15 is 0 Å². The Bertz CT molecular complexity index is 429. The number of nitrogens with two attached hydrogens (primary N) is 1. The third-order valence-electron chi connectivity index (χ3n) is 2.23. The summed E-state index contributed by atoms with van der Waals surface area (Å²) in [6.45, 7) is 1.99. The zero-order chi connectivity index (χ0) is 12.8. The van der Waals surface area contributed by atoms with Crippen molar-refractivity contribution in [1.82, 2.24) is 0 Å². The Balaban J connectivity index is 2.94. The lowest BCUT2D eigenvalue weighted by atomic mass is 10.0. The van der Waals surface area contributed by atoms with Gasteiger partial charge in [-0.05, 0) is 37.1 Å². The number of ether oxygens (including phenoxy) is 1. The molecule has 0 aliphatic heterocycles. The molecule has 0 amide bonds. The van der Waals surface area contributed by atoms with Crippen LogP contribution in [0.5, 0.6) is 0 Å². The molecule has 0 heterocycles. The van der Waals surface area contributed by atoms with E-state index in [1.807, 2.05) is 0 Å². The quantitative estimate of drug-likeness (QED) is 0.597. The predicted octanol–water partition coefficient (Wildman–Crippen LogP) is 1.46. The number of carbonyl (C=O) groups excluding carboxylic acids is 1. The molecular weight excluding hydrogens is 222 g/mol. The van der Waals surface area contributed by atoms with Gasteiger partial charge in [0.1, 0.15) is 0 Å². The summed E-state index contributed by atoms with van der Waals surface area (Å²) in [5.74, 6) is -1.37. The molecule has 1 aromatic carbocycles. The third kappa shape index (κ3) is 3.79. The number of esters is 1. The fraction of sp³-hybridized carbons (Fsp3) is 0.333. The van der Waals surface area contributed by atoms with Crippen molar-refractivity contribution in [3.05, 3.63) is 29.3 Å². The van der Waals surface area contributed by atoms with Crippen molar-refractivity contribution in [2.75, 3.05) is 12.3 Å². The lowest BCUT2D eigenvalue weighted by Gasteiger charge is -2.08. The highest BCUT2D eigenvalue weighted by Crippen LogP contribution is 2.16. The van der Waals surface area contributed by atoms with Crippen molar-refractivity contribution >= 4 is 17.6 Å². The molecule has 0 spiro atoms. The summed E-state index contributed by atoms with van der Waals surface area (Å²) in [6, 6.07) is 4.76. The summed E-state index contributed by atoms with van der Waals surface area (Å²) in [4.78, 5) is 22.1. The molecule has 0 aromatic heterocycles. The summed E-state index contributed by atoms with van der Waals surface area (Å²) in [6.07, 6.45) is 0.213. The first-order valence-corrected chi connectivity index (χ1v) is 5.32. The number of benzene rings is 1. The van der Waals surface area contributed by atoms with Gasteiger partial charge >= 0.3 is 11.9 Å². The summed E-state index contributed by atoms with van der Waals surface area (Å²) in [7, 11) is 0. The number of carbonyl (C=O) groups is 2. The van der Waals surface area contributed by atoms with E-state index in [0.29, 0.717) is 16.8 Å². The minimum absolute atomic E-state index is 0.0458. The third-order valence-corrected chi connectivity index (χ3v) is 2.23. The molecule has 0 bridgehead atoms. The van der Waals surface area contributed by atoms with E-state index in [-0.39, 0.29) is 19.4 Å². The maximum Gasteiger partial charge on any atom is 0.338 e. The molecule has 0 atom stereocenters. The lowest BCUT2D eigenvalue weighted by molar-refractivity contribution is -0.136. The number of hydrogen-bond acceptors (Lipinski definition) is 4. The van der Waals surface area contributed by atoms with Crippen molar-refractivity contribution < 1.29 is 19.4 Å². The van der Waals surface area contributed by atoms with Crippen LogP contribution in [0.3, 0.4) is 0 Å². The molecule has 3 N–H and O–H groups in total.